The number of hydrogen-bond acceptors (Lipinski definition) is 3. The number of aliphatic carboxylic acids is 1. The lowest BCUT2D eigenvalue weighted by atomic mass is 9.87. The third-order valence-electron chi connectivity index (χ3n) is 4.93. The Bertz CT molecular complexity index is 354. The summed E-state index contributed by atoms with van der Waals surface area (Å²) in [4.78, 5) is 14.4. The average molecular weight is 282 g/mol. The molecule has 1 heterocycles. The molecule has 1 aliphatic carbocycles. The number of nitrogens with zero attached hydrogens (tertiary/aromatic N) is 1. The summed E-state index contributed by atoms with van der Waals surface area (Å²) in [6.45, 7) is 10.3. The summed E-state index contributed by atoms with van der Waals surface area (Å²) < 4.78 is 0. The summed E-state index contributed by atoms with van der Waals surface area (Å²) in [6, 6.07) is 0.691. The van der Waals surface area contributed by atoms with Crippen molar-refractivity contribution in [2.45, 2.75) is 71.0 Å². The molecule has 116 valence electrons. The third kappa shape index (κ3) is 3.34. The normalized spacial score (nSPS) is 31.2. The van der Waals surface area contributed by atoms with E-state index in [1.54, 1.807) is 0 Å². The minimum Gasteiger partial charge on any atom is -0.480 e. The summed E-state index contributed by atoms with van der Waals surface area (Å²) >= 11 is 0. The Kier molecular flexibility index (Phi) is 4.75. The van der Waals surface area contributed by atoms with Gasteiger partial charge in [0, 0.05) is 18.6 Å². The van der Waals surface area contributed by atoms with Gasteiger partial charge < -0.3 is 5.11 Å². The van der Waals surface area contributed by atoms with E-state index < -0.39 is 11.5 Å². The molecule has 2 N–H and O–H groups in total. The van der Waals surface area contributed by atoms with Crippen LogP contribution in [0, 0.1) is 11.8 Å². The summed E-state index contributed by atoms with van der Waals surface area (Å²) in [7, 11) is 0. The van der Waals surface area contributed by atoms with Crippen molar-refractivity contribution in [3.8, 4) is 0 Å². The number of carboxylic acid groups (broad SMARTS) is 1. The molecule has 0 radical (unpaired) electrons. The first-order chi connectivity index (χ1) is 9.35. The maximum atomic E-state index is 12.0. The highest BCUT2D eigenvalue weighted by molar-refractivity contribution is 5.80. The molecule has 2 rings (SSSR count). The lowest BCUT2D eigenvalue weighted by molar-refractivity contribution is -0.148. The molecule has 1 saturated carbocycles. The molecule has 0 bridgehead atoms. The van der Waals surface area contributed by atoms with Crippen molar-refractivity contribution >= 4 is 5.97 Å². The van der Waals surface area contributed by atoms with Crippen molar-refractivity contribution in [2.24, 2.45) is 11.8 Å². The van der Waals surface area contributed by atoms with Crippen LogP contribution in [0.15, 0.2) is 0 Å². The highest BCUT2D eigenvalue weighted by Crippen LogP contribution is 2.41. The van der Waals surface area contributed by atoms with E-state index in [0.717, 1.165) is 25.3 Å². The maximum Gasteiger partial charge on any atom is 0.325 e. The molecule has 1 aliphatic heterocycles. The second-order valence-electron chi connectivity index (χ2n) is 7.30. The molecule has 20 heavy (non-hydrogen) atoms. The van der Waals surface area contributed by atoms with Crippen molar-refractivity contribution in [1.29, 1.82) is 0 Å². The zero-order chi connectivity index (χ0) is 14.9. The molecule has 2 fully saturated rings. The summed E-state index contributed by atoms with van der Waals surface area (Å²) in [6.07, 6.45) is 4.46. The van der Waals surface area contributed by atoms with Crippen molar-refractivity contribution in [1.82, 2.24) is 10.2 Å². The average Bonchev–Trinajstić information content (AvgIpc) is 3.14. The van der Waals surface area contributed by atoms with Crippen LogP contribution >= 0.6 is 0 Å². The summed E-state index contributed by atoms with van der Waals surface area (Å²) in [5, 5.41) is 13.3. The van der Waals surface area contributed by atoms with E-state index in [1.807, 2.05) is 13.8 Å². The van der Waals surface area contributed by atoms with Gasteiger partial charge in [-0.1, -0.05) is 6.92 Å². The monoisotopic (exact) mass is 282 g/mol. The van der Waals surface area contributed by atoms with Gasteiger partial charge in [-0.15, -0.1) is 0 Å². The van der Waals surface area contributed by atoms with Gasteiger partial charge >= 0.3 is 5.97 Å². The number of carboxylic acids is 1. The van der Waals surface area contributed by atoms with Gasteiger partial charge in [0.2, 0.25) is 0 Å². The Morgan fingerprint density at radius 3 is 2.45 bits per heavy atom. The van der Waals surface area contributed by atoms with Crippen LogP contribution in [0.4, 0.5) is 0 Å². The van der Waals surface area contributed by atoms with Gasteiger partial charge in [-0.25, -0.2) is 0 Å². The molecule has 4 heteroatoms. The van der Waals surface area contributed by atoms with Crippen LogP contribution in [0.3, 0.4) is 0 Å². The first kappa shape index (κ1) is 15.8. The molecule has 0 aromatic heterocycles. The minimum absolute atomic E-state index is 0.200. The van der Waals surface area contributed by atoms with E-state index in [2.05, 4.69) is 24.1 Å². The highest BCUT2D eigenvalue weighted by atomic mass is 16.4. The van der Waals surface area contributed by atoms with E-state index in [-0.39, 0.29) is 6.04 Å². The van der Waals surface area contributed by atoms with Crippen molar-refractivity contribution in [2.75, 3.05) is 13.1 Å². The van der Waals surface area contributed by atoms with Crippen LogP contribution in [-0.2, 0) is 4.79 Å². The van der Waals surface area contributed by atoms with E-state index in [4.69, 9.17) is 0 Å². The lowest BCUT2D eigenvalue weighted by Gasteiger charge is -2.43. The predicted molar refractivity (Wildman–Crippen MR) is 80.8 cm³/mol. The van der Waals surface area contributed by atoms with Crippen LogP contribution in [-0.4, -0.2) is 46.7 Å². The molecule has 1 saturated heterocycles. The van der Waals surface area contributed by atoms with E-state index in [1.165, 1.54) is 12.8 Å². The highest BCUT2D eigenvalue weighted by Gasteiger charge is 2.52. The largest absolute Gasteiger partial charge is 0.480 e. The molecule has 3 atom stereocenters. The van der Waals surface area contributed by atoms with Crippen molar-refractivity contribution in [3.63, 3.8) is 0 Å². The lowest BCUT2D eigenvalue weighted by Crippen LogP contribution is -2.64. The smallest absolute Gasteiger partial charge is 0.325 e. The van der Waals surface area contributed by atoms with Gasteiger partial charge in [0.1, 0.15) is 5.54 Å². The Balaban J connectivity index is 2.12. The Hall–Kier alpha value is -0.610. The van der Waals surface area contributed by atoms with Crippen LogP contribution < -0.4 is 5.32 Å². The maximum absolute atomic E-state index is 12.0. The molecule has 0 aromatic rings. The van der Waals surface area contributed by atoms with Gasteiger partial charge in [0.15, 0.2) is 0 Å². The number of likely N-dealkylation sites (tertiary alicyclic amines) is 1. The molecule has 0 spiro atoms. The molecular weight excluding hydrogens is 252 g/mol. The Morgan fingerprint density at radius 2 is 2.00 bits per heavy atom. The zero-order valence-electron chi connectivity index (χ0n) is 13.4. The number of rotatable bonds is 6. The number of hydrogen-bond donors (Lipinski definition) is 2. The van der Waals surface area contributed by atoms with Gasteiger partial charge in [-0.05, 0) is 64.8 Å². The standard InChI is InChI=1S/C16H30N2O2/c1-11(2)17-16(15(19)20,14-5-6-14)10-18-8-7-12(3)9-13(18)4/h11-14,17H,5-10H2,1-4H3,(H,19,20). The van der Waals surface area contributed by atoms with E-state index in [9.17, 15) is 9.90 Å². The molecular formula is C16H30N2O2. The van der Waals surface area contributed by atoms with Gasteiger partial charge in [0.25, 0.3) is 0 Å². The molecule has 2 aliphatic rings. The molecule has 0 aromatic carbocycles. The first-order valence-corrected chi connectivity index (χ1v) is 8.10. The fourth-order valence-corrected chi connectivity index (χ4v) is 3.70. The Labute approximate surface area is 122 Å². The van der Waals surface area contributed by atoms with Crippen LogP contribution in [0.1, 0.15) is 53.4 Å². The summed E-state index contributed by atoms with van der Waals surface area (Å²) in [5.41, 5.74) is -0.747. The minimum atomic E-state index is -0.747. The topological polar surface area (TPSA) is 52.6 Å². The van der Waals surface area contributed by atoms with Gasteiger partial charge in [0.05, 0.1) is 0 Å². The fraction of sp³-hybridized carbons (Fsp3) is 0.938. The second-order valence-corrected chi connectivity index (χ2v) is 7.30. The van der Waals surface area contributed by atoms with Crippen LogP contribution in [0.5, 0.6) is 0 Å². The second kappa shape index (κ2) is 6.02. The first-order valence-electron chi connectivity index (χ1n) is 8.10. The van der Waals surface area contributed by atoms with Crippen molar-refractivity contribution < 1.29 is 9.90 Å². The zero-order valence-corrected chi connectivity index (χ0v) is 13.4. The fourth-order valence-electron chi connectivity index (χ4n) is 3.70. The quantitative estimate of drug-likeness (QED) is 0.785. The van der Waals surface area contributed by atoms with E-state index in [0.29, 0.717) is 18.5 Å². The van der Waals surface area contributed by atoms with Crippen LogP contribution in [0.25, 0.3) is 0 Å². The molecule has 4 nitrogen and oxygen atoms in total. The van der Waals surface area contributed by atoms with Crippen molar-refractivity contribution in [3.05, 3.63) is 0 Å². The van der Waals surface area contributed by atoms with Gasteiger partial charge in [-0.2, -0.15) is 0 Å². The third-order valence-corrected chi connectivity index (χ3v) is 4.93. The SMILES string of the molecule is CC1CCN(CC(NC(C)C)(C(=O)O)C2CC2)C(C)C1. The number of nitrogens with one attached hydrogen (secondary N) is 1. The van der Waals surface area contributed by atoms with E-state index >= 15 is 0 Å². The number of piperidine rings is 1. The number of carbonyl (C=O) groups is 1. The Morgan fingerprint density at radius 1 is 1.35 bits per heavy atom. The predicted octanol–water partition coefficient (Wildman–Crippen LogP) is 2.34. The molecule has 3 unspecified atom stereocenters. The van der Waals surface area contributed by atoms with Crippen LogP contribution in [0.2, 0.25) is 0 Å². The summed E-state index contributed by atoms with van der Waals surface area (Å²) in [5.74, 6) is 0.396. The van der Waals surface area contributed by atoms with Gasteiger partial charge in [-0.3, -0.25) is 15.0 Å². The molecule has 0 amide bonds.